The molecule has 0 saturated carbocycles. The molecule has 0 spiro atoms. The molecule has 0 radical (unpaired) electrons. The fraction of sp³-hybridized carbons (Fsp3) is 0.579. The summed E-state index contributed by atoms with van der Waals surface area (Å²) in [5, 5.41) is 0. The molecule has 0 aromatic heterocycles. The number of benzene rings is 1. The number of halogens is 3. The minimum Gasteiger partial charge on any atom is -0.406 e. The van der Waals surface area contributed by atoms with Gasteiger partial charge in [0.2, 0.25) is 0 Å². The van der Waals surface area contributed by atoms with Crippen molar-refractivity contribution in [3.8, 4) is 5.75 Å². The van der Waals surface area contributed by atoms with Crippen LogP contribution in [0.1, 0.15) is 52.0 Å². The second-order valence-electron chi connectivity index (χ2n) is 6.59. The summed E-state index contributed by atoms with van der Waals surface area (Å²) >= 11 is 0. The highest BCUT2D eigenvalue weighted by atomic mass is 19.4. The summed E-state index contributed by atoms with van der Waals surface area (Å²) in [5.41, 5.74) is 1.91. The zero-order valence-electron chi connectivity index (χ0n) is 14.8. The Kier molecular flexibility index (Phi) is 8.16. The smallest absolute Gasteiger partial charge is 0.406 e. The summed E-state index contributed by atoms with van der Waals surface area (Å²) in [6.45, 7) is 12.0. The predicted molar refractivity (Wildman–Crippen MR) is 91.7 cm³/mol. The van der Waals surface area contributed by atoms with Gasteiger partial charge in [-0.05, 0) is 37.0 Å². The molecule has 136 valence electrons. The normalized spacial score (nSPS) is 11.6. The van der Waals surface area contributed by atoms with Gasteiger partial charge in [0.1, 0.15) is 5.75 Å². The minimum absolute atomic E-state index is 0.193. The van der Waals surface area contributed by atoms with E-state index < -0.39 is 6.36 Å². The van der Waals surface area contributed by atoms with Gasteiger partial charge in [0.15, 0.2) is 0 Å². The summed E-state index contributed by atoms with van der Waals surface area (Å²) in [6, 6.07) is 6.02. The van der Waals surface area contributed by atoms with Gasteiger partial charge in [-0.1, -0.05) is 51.8 Å². The molecule has 2 nitrogen and oxygen atoms in total. The second-order valence-corrected chi connectivity index (χ2v) is 6.59. The van der Waals surface area contributed by atoms with Gasteiger partial charge < -0.3 is 9.64 Å². The third-order valence-electron chi connectivity index (χ3n) is 3.78. The van der Waals surface area contributed by atoms with Crippen LogP contribution in [-0.4, -0.2) is 17.8 Å². The van der Waals surface area contributed by atoms with Crippen LogP contribution < -0.4 is 4.74 Å². The molecule has 0 unspecified atom stereocenters. The molecule has 0 amide bonds. The summed E-state index contributed by atoms with van der Waals surface area (Å²) < 4.78 is 40.4. The SMILES string of the molecule is C=C(C)N(CCCCCC(C)C)Cc1ccc(OC(F)(F)F)cc1. The lowest BCUT2D eigenvalue weighted by Crippen LogP contribution is -2.22. The largest absolute Gasteiger partial charge is 0.573 e. The lowest BCUT2D eigenvalue weighted by Gasteiger charge is -2.25. The molecule has 1 aromatic carbocycles. The molecule has 0 fully saturated rings. The van der Waals surface area contributed by atoms with Crippen molar-refractivity contribution in [2.45, 2.75) is 59.4 Å². The van der Waals surface area contributed by atoms with Gasteiger partial charge in [-0.15, -0.1) is 13.2 Å². The van der Waals surface area contributed by atoms with Crippen molar-refractivity contribution in [3.63, 3.8) is 0 Å². The summed E-state index contributed by atoms with van der Waals surface area (Å²) in [6.07, 6.45) is 0.0926. The van der Waals surface area contributed by atoms with E-state index in [0.29, 0.717) is 6.54 Å². The fourth-order valence-electron chi connectivity index (χ4n) is 2.45. The van der Waals surface area contributed by atoms with Crippen LogP contribution in [0.15, 0.2) is 36.5 Å². The average Bonchev–Trinajstić information content (AvgIpc) is 2.45. The van der Waals surface area contributed by atoms with Crippen molar-refractivity contribution in [2.24, 2.45) is 5.92 Å². The van der Waals surface area contributed by atoms with E-state index in [4.69, 9.17) is 0 Å². The maximum atomic E-state index is 12.2. The van der Waals surface area contributed by atoms with Crippen molar-refractivity contribution in [1.82, 2.24) is 4.90 Å². The lowest BCUT2D eigenvalue weighted by atomic mass is 10.1. The van der Waals surface area contributed by atoms with Crippen LogP contribution in [0.5, 0.6) is 5.75 Å². The topological polar surface area (TPSA) is 12.5 Å². The maximum absolute atomic E-state index is 12.2. The molecule has 5 heteroatoms. The summed E-state index contributed by atoms with van der Waals surface area (Å²) in [7, 11) is 0. The number of nitrogens with zero attached hydrogens (tertiary/aromatic N) is 1. The number of hydrogen-bond donors (Lipinski definition) is 0. The van der Waals surface area contributed by atoms with E-state index in [2.05, 4.69) is 30.1 Å². The van der Waals surface area contributed by atoms with Crippen LogP contribution in [0.25, 0.3) is 0 Å². The lowest BCUT2D eigenvalue weighted by molar-refractivity contribution is -0.274. The van der Waals surface area contributed by atoms with Gasteiger partial charge in [0.05, 0.1) is 0 Å². The molecule has 0 saturated heterocycles. The molecular formula is C19H28F3NO. The highest BCUT2D eigenvalue weighted by Gasteiger charge is 2.30. The highest BCUT2D eigenvalue weighted by molar-refractivity contribution is 5.27. The fourth-order valence-corrected chi connectivity index (χ4v) is 2.45. The van der Waals surface area contributed by atoms with Crippen LogP contribution >= 0.6 is 0 Å². The first kappa shape index (κ1) is 20.4. The monoisotopic (exact) mass is 343 g/mol. The molecule has 0 atom stereocenters. The van der Waals surface area contributed by atoms with E-state index >= 15 is 0 Å². The van der Waals surface area contributed by atoms with Crippen molar-refractivity contribution in [2.75, 3.05) is 6.54 Å². The Hall–Kier alpha value is -1.65. The number of alkyl halides is 3. The number of rotatable bonds is 10. The van der Waals surface area contributed by atoms with E-state index in [1.807, 2.05) is 6.92 Å². The first-order chi connectivity index (χ1) is 11.2. The van der Waals surface area contributed by atoms with Crippen LogP contribution in [-0.2, 0) is 6.54 Å². The minimum atomic E-state index is -4.65. The van der Waals surface area contributed by atoms with Gasteiger partial charge in [-0.3, -0.25) is 0 Å². The van der Waals surface area contributed by atoms with E-state index in [-0.39, 0.29) is 5.75 Å². The summed E-state index contributed by atoms with van der Waals surface area (Å²) in [4.78, 5) is 2.16. The Bertz CT molecular complexity index is 494. The average molecular weight is 343 g/mol. The van der Waals surface area contributed by atoms with Gasteiger partial charge >= 0.3 is 6.36 Å². The molecule has 24 heavy (non-hydrogen) atoms. The molecule has 0 N–H and O–H groups in total. The number of unbranched alkanes of at least 4 members (excludes halogenated alkanes) is 2. The van der Waals surface area contributed by atoms with Crippen LogP contribution in [0, 0.1) is 5.92 Å². The van der Waals surface area contributed by atoms with Gasteiger partial charge in [-0.2, -0.15) is 0 Å². The maximum Gasteiger partial charge on any atom is 0.573 e. The van der Waals surface area contributed by atoms with Gasteiger partial charge in [0.25, 0.3) is 0 Å². The van der Waals surface area contributed by atoms with E-state index in [0.717, 1.165) is 30.1 Å². The molecule has 0 aliphatic rings. The number of allylic oxidation sites excluding steroid dienone is 1. The second kappa shape index (κ2) is 9.60. The Balaban J connectivity index is 2.48. The molecule has 0 aliphatic heterocycles. The van der Waals surface area contributed by atoms with Crippen molar-refractivity contribution in [3.05, 3.63) is 42.1 Å². The van der Waals surface area contributed by atoms with Gasteiger partial charge in [0, 0.05) is 18.8 Å². The van der Waals surface area contributed by atoms with Gasteiger partial charge in [-0.25, -0.2) is 0 Å². The standard InChI is InChI=1S/C19H28F3NO/c1-15(2)8-6-5-7-13-23(16(3)4)14-17-9-11-18(12-10-17)24-19(20,21)22/h9-12,15H,3,5-8,13-14H2,1-2,4H3. The predicted octanol–water partition coefficient (Wildman–Crippen LogP) is 6.14. The van der Waals surface area contributed by atoms with Crippen LogP contribution in [0.3, 0.4) is 0 Å². The van der Waals surface area contributed by atoms with Crippen LogP contribution in [0.4, 0.5) is 13.2 Å². The molecular weight excluding hydrogens is 315 g/mol. The Morgan fingerprint density at radius 3 is 2.25 bits per heavy atom. The van der Waals surface area contributed by atoms with Crippen molar-refractivity contribution < 1.29 is 17.9 Å². The Morgan fingerprint density at radius 2 is 1.75 bits per heavy atom. The zero-order chi connectivity index (χ0) is 18.2. The molecule has 0 aliphatic carbocycles. The Labute approximate surface area is 143 Å². The third kappa shape index (κ3) is 8.85. The van der Waals surface area contributed by atoms with Crippen molar-refractivity contribution in [1.29, 1.82) is 0 Å². The number of ether oxygens (including phenoxy) is 1. The number of hydrogen-bond acceptors (Lipinski definition) is 2. The van der Waals surface area contributed by atoms with Crippen LogP contribution in [0.2, 0.25) is 0 Å². The quantitative estimate of drug-likeness (QED) is 0.473. The third-order valence-corrected chi connectivity index (χ3v) is 3.78. The van der Waals surface area contributed by atoms with Crippen molar-refractivity contribution >= 4 is 0 Å². The highest BCUT2D eigenvalue weighted by Crippen LogP contribution is 2.23. The molecule has 1 rings (SSSR count). The zero-order valence-corrected chi connectivity index (χ0v) is 14.8. The Morgan fingerprint density at radius 1 is 1.12 bits per heavy atom. The first-order valence-corrected chi connectivity index (χ1v) is 8.42. The van der Waals surface area contributed by atoms with E-state index in [1.54, 1.807) is 12.1 Å². The first-order valence-electron chi connectivity index (χ1n) is 8.42. The summed E-state index contributed by atoms with van der Waals surface area (Å²) in [5.74, 6) is 0.543. The van der Waals surface area contributed by atoms with E-state index in [9.17, 15) is 13.2 Å². The van der Waals surface area contributed by atoms with E-state index in [1.165, 1.54) is 31.4 Å². The molecule has 1 aromatic rings. The molecule has 0 bridgehead atoms. The molecule has 0 heterocycles.